The minimum atomic E-state index is -0.237. The minimum absolute atomic E-state index is 0.130. The van der Waals surface area contributed by atoms with Gasteiger partial charge in [0, 0.05) is 43.4 Å². The third kappa shape index (κ3) is 3.90. The highest BCUT2D eigenvalue weighted by molar-refractivity contribution is 6.30. The summed E-state index contributed by atoms with van der Waals surface area (Å²) in [5, 5.41) is 8.91. The minimum Gasteiger partial charge on any atom is -0.419 e. The Balaban J connectivity index is 1.30. The lowest BCUT2D eigenvalue weighted by Crippen LogP contribution is -2.51. The van der Waals surface area contributed by atoms with E-state index in [-0.39, 0.29) is 12.0 Å². The van der Waals surface area contributed by atoms with E-state index < -0.39 is 0 Å². The van der Waals surface area contributed by atoms with Crippen LogP contribution in [0.15, 0.2) is 28.7 Å². The van der Waals surface area contributed by atoms with Gasteiger partial charge in [0.2, 0.25) is 11.8 Å². The van der Waals surface area contributed by atoms with Gasteiger partial charge in [-0.15, -0.1) is 10.2 Å². The second-order valence-electron chi connectivity index (χ2n) is 6.61. The van der Waals surface area contributed by atoms with E-state index in [2.05, 4.69) is 15.1 Å². The van der Waals surface area contributed by atoms with Crippen LogP contribution in [-0.4, -0.2) is 64.8 Å². The van der Waals surface area contributed by atoms with Gasteiger partial charge in [-0.05, 0) is 37.1 Å². The summed E-state index contributed by atoms with van der Waals surface area (Å²) in [6.45, 7) is 4.27. The van der Waals surface area contributed by atoms with Crippen LogP contribution in [0.4, 0.5) is 0 Å². The van der Waals surface area contributed by atoms with E-state index in [1.807, 2.05) is 17.0 Å². The van der Waals surface area contributed by atoms with Gasteiger partial charge in [-0.2, -0.15) is 0 Å². The summed E-state index contributed by atoms with van der Waals surface area (Å²) in [5.74, 6) is 1.20. The molecule has 4 rings (SSSR count). The Kier molecular flexibility index (Phi) is 5.19. The zero-order chi connectivity index (χ0) is 17.9. The highest BCUT2D eigenvalue weighted by Crippen LogP contribution is 2.21. The monoisotopic (exact) mass is 376 g/mol. The van der Waals surface area contributed by atoms with Crippen LogP contribution in [-0.2, 0) is 16.1 Å². The smallest absolute Gasteiger partial charge is 0.251 e. The van der Waals surface area contributed by atoms with Crippen LogP contribution in [0.25, 0.3) is 11.5 Å². The molecule has 2 aliphatic heterocycles. The Morgan fingerprint density at radius 3 is 2.62 bits per heavy atom. The first-order valence-corrected chi connectivity index (χ1v) is 9.28. The van der Waals surface area contributed by atoms with Gasteiger partial charge in [-0.25, -0.2) is 0 Å². The fourth-order valence-corrected chi connectivity index (χ4v) is 3.45. The van der Waals surface area contributed by atoms with E-state index in [1.54, 1.807) is 12.1 Å². The van der Waals surface area contributed by atoms with E-state index in [0.717, 1.165) is 31.5 Å². The largest absolute Gasteiger partial charge is 0.419 e. The number of amides is 1. The average molecular weight is 377 g/mol. The summed E-state index contributed by atoms with van der Waals surface area (Å²) < 4.78 is 11.3. The summed E-state index contributed by atoms with van der Waals surface area (Å²) in [6.07, 6.45) is 1.58. The maximum Gasteiger partial charge on any atom is 0.251 e. The molecule has 0 bridgehead atoms. The normalized spacial score (nSPS) is 21.3. The molecule has 1 amide bonds. The zero-order valence-corrected chi connectivity index (χ0v) is 15.2. The van der Waals surface area contributed by atoms with E-state index in [4.69, 9.17) is 20.8 Å². The summed E-state index contributed by atoms with van der Waals surface area (Å²) in [4.78, 5) is 16.5. The van der Waals surface area contributed by atoms with Crippen LogP contribution in [0.2, 0.25) is 5.02 Å². The van der Waals surface area contributed by atoms with Gasteiger partial charge in [-0.3, -0.25) is 9.69 Å². The highest BCUT2D eigenvalue weighted by Gasteiger charge is 2.30. The lowest BCUT2D eigenvalue weighted by Gasteiger charge is -2.35. The molecule has 0 aliphatic carbocycles. The number of halogens is 1. The molecule has 26 heavy (non-hydrogen) atoms. The van der Waals surface area contributed by atoms with E-state index in [1.165, 1.54) is 0 Å². The maximum absolute atomic E-state index is 12.4. The van der Waals surface area contributed by atoms with Crippen molar-refractivity contribution in [2.45, 2.75) is 25.5 Å². The molecule has 0 saturated carbocycles. The van der Waals surface area contributed by atoms with E-state index in [9.17, 15) is 4.79 Å². The molecule has 8 heteroatoms. The van der Waals surface area contributed by atoms with Crippen molar-refractivity contribution in [2.75, 3.05) is 32.8 Å². The lowest BCUT2D eigenvalue weighted by molar-refractivity contribution is -0.142. The zero-order valence-electron chi connectivity index (χ0n) is 14.4. The van der Waals surface area contributed by atoms with E-state index in [0.29, 0.717) is 43.0 Å². The summed E-state index contributed by atoms with van der Waals surface area (Å²) in [7, 11) is 0. The predicted molar refractivity (Wildman–Crippen MR) is 95.6 cm³/mol. The molecule has 0 radical (unpaired) electrons. The first-order valence-electron chi connectivity index (χ1n) is 8.90. The summed E-state index contributed by atoms with van der Waals surface area (Å²) >= 11 is 5.90. The molecule has 2 aliphatic rings. The summed E-state index contributed by atoms with van der Waals surface area (Å²) in [6, 6.07) is 7.31. The molecule has 1 aromatic heterocycles. The first kappa shape index (κ1) is 17.5. The predicted octanol–water partition coefficient (Wildman–Crippen LogP) is 2.21. The number of carbonyl (C=O) groups excluding carboxylic acids is 1. The van der Waals surface area contributed by atoms with Crippen molar-refractivity contribution in [3.8, 4) is 11.5 Å². The van der Waals surface area contributed by atoms with Crippen molar-refractivity contribution in [2.24, 2.45) is 0 Å². The molecule has 1 atom stereocenters. The van der Waals surface area contributed by atoms with Crippen molar-refractivity contribution in [3.05, 3.63) is 35.2 Å². The average Bonchev–Trinajstić information content (AvgIpc) is 3.35. The molecule has 2 aromatic rings. The molecule has 3 heterocycles. The van der Waals surface area contributed by atoms with Crippen LogP contribution in [0, 0.1) is 0 Å². The first-order chi connectivity index (χ1) is 12.7. The Hall–Kier alpha value is -1.96. The van der Waals surface area contributed by atoms with Crippen molar-refractivity contribution in [1.82, 2.24) is 20.0 Å². The molecular weight excluding hydrogens is 356 g/mol. The topological polar surface area (TPSA) is 71.7 Å². The Bertz CT molecular complexity index is 750. The number of ether oxygens (including phenoxy) is 1. The standard InChI is InChI=1S/C18H21ClN4O3/c19-14-5-3-13(4-6-14)17-21-20-16(26-17)12-22-7-9-23(10-8-22)18(24)15-2-1-11-25-15/h3-6,15H,1-2,7-12H2. The van der Waals surface area contributed by atoms with Crippen LogP contribution in [0.5, 0.6) is 0 Å². The molecular formula is C18H21ClN4O3. The van der Waals surface area contributed by atoms with E-state index >= 15 is 0 Å². The molecule has 138 valence electrons. The molecule has 1 aromatic carbocycles. The van der Waals surface area contributed by atoms with Crippen molar-refractivity contribution in [3.63, 3.8) is 0 Å². The molecule has 2 fully saturated rings. The van der Waals surface area contributed by atoms with Crippen molar-refractivity contribution >= 4 is 17.5 Å². The number of carbonyl (C=O) groups is 1. The maximum atomic E-state index is 12.4. The molecule has 0 N–H and O–H groups in total. The van der Waals surface area contributed by atoms with Gasteiger partial charge >= 0.3 is 0 Å². The van der Waals surface area contributed by atoms with Gasteiger partial charge in [0.15, 0.2) is 0 Å². The number of aromatic nitrogens is 2. The fraction of sp³-hybridized carbons (Fsp3) is 0.500. The van der Waals surface area contributed by atoms with Gasteiger partial charge < -0.3 is 14.1 Å². The van der Waals surface area contributed by atoms with Crippen LogP contribution >= 0.6 is 11.6 Å². The SMILES string of the molecule is O=C(C1CCCO1)N1CCN(Cc2nnc(-c3ccc(Cl)cc3)o2)CC1. The molecule has 1 unspecified atom stereocenters. The molecule has 0 spiro atoms. The van der Waals surface area contributed by atoms with Gasteiger partial charge in [0.25, 0.3) is 5.91 Å². The second kappa shape index (κ2) is 7.73. The summed E-state index contributed by atoms with van der Waals surface area (Å²) in [5.41, 5.74) is 0.847. The number of rotatable bonds is 4. The second-order valence-corrected chi connectivity index (χ2v) is 7.05. The van der Waals surface area contributed by atoms with Crippen molar-refractivity contribution < 1.29 is 13.9 Å². The van der Waals surface area contributed by atoms with Gasteiger partial charge in [-0.1, -0.05) is 11.6 Å². The molecule has 2 saturated heterocycles. The van der Waals surface area contributed by atoms with Crippen LogP contribution in [0.1, 0.15) is 18.7 Å². The Morgan fingerprint density at radius 2 is 1.92 bits per heavy atom. The third-order valence-electron chi connectivity index (χ3n) is 4.81. The van der Waals surface area contributed by atoms with Crippen LogP contribution in [0.3, 0.4) is 0 Å². The quantitative estimate of drug-likeness (QED) is 0.814. The Labute approximate surface area is 156 Å². The van der Waals surface area contributed by atoms with Gasteiger partial charge in [0.1, 0.15) is 6.10 Å². The third-order valence-corrected chi connectivity index (χ3v) is 5.06. The highest BCUT2D eigenvalue weighted by atomic mass is 35.5. The fourth-order valence-electron chi connectivity index (χ4n) is 3.32. The Morgan fingerprint density at radius 1 is 1.15 bits per heavy atom. The number of benzene rings is 1. The van der Waals surface area contributed by atoms with Crippen molar-refractivity contribution in [1.29, 1.82) is 0 Å². The van der Waals surface area contributed by atoms with Gasteiger partial charge in [0.05, 0.1) is 6.54 Å². The number of nitrogens with zero attached hydrogens (tertiary/aromatic N) is 4. The van der Waals surface area contributed by atoms with Crippen LogP contribution < -0.4 is 0 Å². The number of piperazine rings is 1. The lowest BCUT2D eigenvalue weighted by atomic mass is 10.2. The number of hydrogen-bond donors (Lipinski definition) is 0. The number of hydrogen-bond acceptors (Lipinski definition) is 6. The molecule has 7 nitrogen and oxygen atoms in total.